The number of carboxylic acid groups (broad SMARTS) is 1. The van der Waals surface area contributed by atoms with Crippen LogP contribution in [0.1, 0.15) is 28.9 Å². The molecule has 1 aliphatic rings. The van der Waals surface area contributed by atoms with Gasteiger partial charge >= 0.3 is 5.97 Å². The highest BCUT2D eigenvalue weighted by molar-refractivity contribution is 7.90. The predicted octanol–water partition coefficient (Wildman–Crippen LogP) is 0.364. The summed E-state index contributed by atoms with van der Waals surface area (Å²) in [7, 11) is -2.97. The molecule has 0 spiro atoms. The number of piperidine rings is 1. The second kappa shape index (κ2) is 5.92. The lowest BCUT2D eigenvalue weighted by atomic mass is 9.99. The van der Waals surface area contributed by atoms with Gasteiger partial charge in [-0.3, -0.25) is 10.00 Å². The number of hydrogen-bond donors (Lipinski definition) is 2. The van der Waals surface area contributed by atoms with Crippen LogP contribution < -0.4 is 0 Å². The summed E-state index contributed by atoms with van der Waals surface area (Å²) in [5.74, 6) is -0.707. The Balaban J connectivity index is 1.99. The summed E-state index contributed by atoms with van der Waals surface area (Å²) in [5.41, 5.74) is 0.743. The van der Waals surface area contributed by atoms with Gasteiger partial charge in [-0.1, -0.05) is 0 Å². The largest absolute Gasteiger partial charge is 0.477 e. The number of nitrogens with one attached hydrogen (secondary N) is 1. The number of H-pyrrole nitrogens is 1. The van der Waals surface area contributed by atoms with Crippen molar-refractivity contribution in [1.82, 2.24) is 15.1 Å². The van der Waals surface area contributed by atoms with Crippen LogP contribution in [0, 0.1) is 5.92 Å². The van der Waals surface area contributed by atoms with Gasteiger partial charge in [0, 0.05) is 24.9 Å². The quantitative estimate of drug-likeness (QED) is 0.814. The molecule has 0 radical (unpaired) electrons. The number of carboxylic acids is 1. The van der Waals surface area contributed by atoms with Gasteiger partial charge in [-0.05, 0) is 25.3 Å². The van der Waals surface area contributed by atoms with Gasteiger partial charge in [-0.25, -0.2) is 13.2 Å². The lowest BCUT2D eigenvalue weighted by molar-refractivity contribution is 0.0687. The van der Waals surface area contributed by atoms with Crippen LogP contribution in [0.15, 0.2) is 6.20 Å². The van der Waals surface area contributed by atoms with Gasteiger partial charge in [0.2, 0.25) is 0 Å². The Kier molecular flexibility index (Phi) is 4.44. The fourth-order valence-electron chi connectivity index (χ4n) is 2.72. The van der Waals surface area contributed by atoms with Gasteiger partial charge in [0.05, 0.1) is 11.9 Å². The average molecular weight is 301 g/mol. The fourth-order valence-corrected chi connectivity index (χ4v) is 3.84. The Morgan fingerprint density at radius 2 is 2.35 bits per heavy atom. The Hall–Kier alpha value is -1.41. The number of rotatable bonds is 5. The van der Waals surface area contributed by atoms with Crippen molar-refractivity contribution in [2.75, 3.05) is 25.1 Å². The summed E-state index contributed by atoms with van der Waals surface area (Å²) < 4.78 is 22.7. The molecule has 1 aliphatic heterocycles. The first-order chi connectivity index (χ1) is 9.35. The SMILES string of the molecule is CS(=O)(=O)CC1CCCN(Cc2cn[nH]c2C(=O)O)C1. The summed E-state index contributed by atoms with van der Waals surface area (Å²) in [5, 5.41) is 15.3. The molecule has 0 saturated carbocycles. The minimum atomic E-state index is -2.97. The van der Waals surface area contributed by atoms with Crippen LogP contribution in [-0.4, -0.2) is 59.7 Å². The highest BCUT2D eigenvalue weighted by Crippen LogP contribution is 2.20. The van der Waals surface area contributed by atoms with Crippen LogP contribution in [0.5, 0.6) is 0 Å². The second-order valence-electron chi connectivity index (χ2n) is 5.41. The van der Waals surface area contributed by atoms with Crippen molar-refractivity contribution < 1.29 is 18.3 Å². The third-order valence-corrected chi connectivity index (χ3v) is 4.54. The lowest BCUT2D eigenvalue weighted by Gasteiger charge is -2.32. The Morgan fingerprint density at radius 3 is 3.00 bits per heavy atom. The van der Waals surface area contributed by atoms with Crippen molar-refractivity contribution in [2.45, 2.75) is 19.4 Å². The molecule has 7 nitrogen and oxygen atoms in total. The molecule has 0 bridgehead atoms. The minimum Gasteiger partial charge on any atom is -0.477 e. The highest BCUT2D eigenvalue weighted by atomic mass is 32.2. The van der Waals surface area contributed by atoms with Crippen molar-refractivity contribution in [1.29, 1.82) is 0 Å². The van der Waals surface area contributed by atoms with E-state index in [-0.39, 0.29) is 17.4 Å². The van der Waals surface area contributed by atoms with Crippen LogP contribution >= 0.6 is 0 Å². The predicted molar refractivity (Wildman–Crippen MR) is 73.3 cm³/mol. The van der Waals surface area contributed by atoms with E-state index in [0.717, 1.165) is 19.4 Å². The summed E-state index contributed by atoms with van der Waals surface area (Å²) in [6.45, 7) is 2.01. The molecule has 2 N–H and O–H groups in total. The van der Waals surface area contributed by atoms with E-state index in [4.69, 9.17) is 5.11 Å². The zero-order chi connectivity index (χ0) is 14.8. The van der Waals surface area contributed by atoms with E-state index in [1.54, 1.807) is 0 Å². The molecule has 1 atom stereocenters. The molecule has 1 fully saturated rings. The second-order valence-corrected chi connectivity index (χ2v) is 7.60. The molecular weight excluding hydrogens is 282 g/mol. The third-order valence-electron chi connectivity index (χ3n) is 3.47. The first-order valence-corrected chi connectivity index (χ1v) is 8.57. The topological polar surface area (TPSA) is 103 Å². The summed E-state index contributed by atoms with van der Waals surface area (Å²) in [4.78, 5) is 13.1. The molecule has 1 aromatic rings. The van der Waals surface area contributed by atoms with Gasteiger partial charge < -0.3 is 5.11 Å². The highest BCUT2D eigenvalue weighted by Gasteiger charge is 2.24. The van der Waals surface area contributed by atoms with Gasteiger partial charge in [-0.15, -0.1) is 0 Å². The molecule has 20 heavy (non-hydrogen) atoms. The number of sulfone groups is 1. The van der Waals surface area contributed by atoms with Gasteiger partial charge in [0.15, 0.2) is 0 Å². The smallest absolute Gasteiger partial charge is 0.354 e. The van der Waals surface area contributed by atoms with Gasteiger partial charge in [0.1, 0.15) is 15.5 Å². The molecule has 0 aromatic carbocycles. The molecule has 112 valence electrons. The molecule has 2 rings (SSSR count). The number of aromatic carboxylic acids is 1. The van der Waals surface area contributed by atoms with Gasteiger partial charge in [0.25, 0.3) is 0 Å². The molecule has 1 unspecified atom stereocenters. The molecular formula is C12H19N3O4S. The van der Waals surface area contributed by atoms with E-state index in [1.165, 1.54) is 12.5 Å². The number of carbonyl (C=O) groups is 1. The van der Waals surface area contributed by atoms with E-state index in [9.17, 15) is 13.2 Å². The van der Waals surface area contributed by atoms with Crippen LogP contribution in [-0.2, 0) is 16.4 Å². The molecule has 8 heteroatoms. The minimum absolute atomic E-state index is 0.107. The zero-order valence-electron chi connectivity index (χ0n) is 11.4. The number of likely N-dealkylation sites (tertiary alicyclic amines) is 1. The zero-order valence-corrected chi connectivity index (χ0v) is 12.2. The van der Waals surface area contributed by atoms with Crippen LogP contribution in [0.25, 0.3) is 0 Å². The van der Waals surface area contributed by atoms with E-state index in [2.05, 4.69) is 15.1 Å². The standard InChI is InChI=1S/C12H19N3O4S/c1-20(18,19)8-9-3-2-4-15(6-9)7-10-5-13-14-11(10)12(16)17/h5,9H,2-4,6-8H2,1H3,(H,13,14)(H,16,17). The monoisotopic (exact) mass is 301 g/mol. The van der Waals surface area contributed by atoms with Crippen molar-refractivity contribution in [3.8, 4) is 0 Å². The van der Waals surface area contributed by atoms with Crippen molar-refractivity contribution in [3.63, 3.8) is 0 Å². The first-order valence-electron chi connectivity index (χ1n) is 6.51. The molecule has 0 amide bonds. The number of aromatic amines is 1. The van der Waals surface area contributed by atoms with Crippen molar-refractivity contribution in [2.24, 2.45) is 5.92 Å². The summed E-state index contributed by atoms with van der Waals surface area (Å²) in [6, 6.07) is 0. The van der Waals surface area contributed by atoms with Crippen LogP contribution in [0.4, 0.5) is 0 Å². The summed E-state index contributed by atoms with van der Waals surface area (Å²) >= 11 is 0. The fraction of sp³-hybridized carbons (Fsp3) is 0.667. The summed E-state index contributed by atoms with van der Waals surface area (Å²) in [6.07, 6.45) is 4.61. The van der Waals surface area contributed by atoms with E-state index >= 15 is 0 Å². The number of hydrogen-bond acceptors (Lipinski definition) is 5. The molecule has 0 aliphatic carbocycles. The normalized spacial score (nSPS) is 20.9. The van der Waals surface area contributed by atoms with E-state index in [1.807, 2.05) is 0 Å². The maximum Gasteiger partial charge on any atom is 0.354 e. The Bertz CT molecular complexity index is 581. The average Bonchev–Trinajstić information content (AvgIpc) is 2.75. The van der Waals surface area contributed by atoms with Crippen molar-refractivity contribution in [3.05, 3.63) is 17.5 Å². The maximum absolute atomic E-state index is 11.4. The van der Waals surface area contributed by atoms with E-state index < -0.39 is 15.8 Å². The Labute approximate surface area is 117 Å². The number of nitrogens with zero attached hydrogens (tertiary/aromatic N) is 2. The van der Waals surface area contributed by atoms with Crippen molar-refractivity contribution >= 4 is 15.8 Å². The molecule has 2 heterocycles. The van der Waals surface area contributed by atoms with Crippen LogP contribution in [0.3, 0.4) is 0 Å². The van der Waals surface area contributed by atoms with E-state index in [0.29, 0.717) is 18.7 Å². The maximum atomic E-state index is 11.4. The Morgan fingerprint density at radius 1 is 1.60 bits per heavy atom. The van der Waals surface area contributed by atoms with Crippen LogP contribution in [0.2, 0.25) is 0 Å². The first kappa shape index (κ1) is 15.0. The molecule has 1 aromatic heterocycles. The lowest BCUT2D eigenvalue weighted by Crippen LogP contribution is -2.37. The molecule has 1 saturated heterocycles. The van der Waals surface area contributed by atoms with Gasteiger partial charge in [-0.2, -0.15) is 5.10 Å². The number of aromatic nitrogens is 2. The third kappa shape index (κ3) is 4.04.